The molecule has 2 aromatic rings. The molecule has 1 heterocycles. The lowest BCUT2D eigenvalue weighted by Gasteiger charge is -2.27. The summed E-state index contributed by atoms with van der Waals surface area (Å²) in [4.78, 5) is 7.08. The predicted molar refractivity (Wildman–Crippen MR) is 115 cm³/mol. The van der Waals surface area contributed by atoms with Crippen LogP contribution < -0.4 is 10.6 Å². The minimum absolute atomic E-state index is 0.356. The van der Waals surface area contributed by atoms with Crippen molar-refractivity contribution in [3.63, 3.8) is 0 Å². The number of hydrogen-bond donors (Lipinski definition) is 2. The number of morpholine rings is 1. The van der Waals surface area contributed by atoms with Crippen LogP contribution in [-0.4, -0.2) is 50.3 Å². The summed E-state index contributed by atoms with van der Waals surface area (Å²) < 4.78 is 32.6. The second-order valence-corrected chi connectivity index (χ2v) is 7.24. The first kappa shape index (κ1) is 22.2. The van der Waals surface area contributed by atoms with Crippen LogP contribution in [0.2, 0.25) is 0 Å². The molecule has 1 aliphatic heterocycles. The Balaban J connectivity index is 1.59. The van der Waals surface area contributed by atoms with Crippen molar-refractivity contribution in [3.8, 4) is 0 Å². The maximum atomic E-state index is 13.8. The van der Waals surface area contributed by atoms with Crippen LogP contribution in [0.3, 0.4) is 0 Å². The Labute approximate surface area is 177 Å². The summed E-state index contributed by atoms with van der Waals surface area (Å²) in [5, 5.41) is 6.42. The molecule has 0 spiro atoms. The molecule has 2 N–H and O–H groups in total. The second kappa shape index (κ2) is 11.6. The summed E-state index contributed by atoms with van der Waals surface area (Å²) in [6.45, 7) is 8.05. The summed E-state index contributed by atoms with van der Waals surface area (Å²) in [7, 11) is 0. The number of nitrogens with zero attached hydrogens (tertiary/aromatic N) is 2. The Morgan fingerprint density at radius 1 is 1.00 bits per heavy atom. The normalized spacial score (nSPS) is 15.2. The number of rotatable bonds is 8. The Morgan fingerprint density at radius 3 is 2.50 bits per heavy atom. The van der Waals surface area contributed by atoms with E-state index in [9.17, 15) is 8.78 Å². The van der Waals surface area contributed by atoms with Gasteiger partial charge in [0.05, 0.1) is 19.8 Å². The van der Waals surface area contributed by atoms with E-state index in [1.54, 1.807) is 6.07 Å². The van der Waals surface area contributed by atoms with Crippen LogP contribution in [0.5, 0.6) is 0 Å². The van der Waals surface area contributed by atoms with E-state index < -0.39 is 11.6 Å². The van der Waals surface area contributed by atoms with E-state index in [1.807, 2.05) is 13.0 Å². The van der Waals surface area contributed by atoms with Crippen molar-refractivity contribution in [2.45, 2.75) is 26.4 Å². The molecule has 162 valence electrons. The lowest BCUT2D eigenvalue weighted by atomic mass is 10.1. The fourth-order valence-electron chi connectivity index (χ4n) is 3.43. The van der Waals surface area contributed by atoms with Crippen LogP contribution in [0, 0.1) is 11.6 Å². The van der Waals surface area contributed by atoms with Crippen LogP contribution in [-0.2, 0) is 24.2 Å². The summed E-state index contributed by atoms with van der Waals surface area (Å²) in [6.07, 6.45) is 0.377. The Hall–Kier alpha value is -2.51. The molecular formula is C23H30F2N4O. The van der Waals surface area contributed by atoms with Crippen molar-refractivity contribution in [2.75, 3.05) is 39.4 Å². The van der Waals surface area contributed by atoms with Gasteiger partial charge in [-0.2, -0.15) is 0 Å². The Kier molecular flexibility index (Phi) is 8.59. The molecule has 0 saturated carbocycles. The average Bonchev–Trinajstić information content (AvgIpc) is 2.76. The minimum atomic E-state index is -0.815. The number of benzene rings is 2. The zero-order valence-electron chi connectivity index (χ0n) is 17.5. The van der Waals surface area contributed by atoms with Gasteiger partial charge in [0.25, 0.3) is 0 Å². The lowest BCUT2D eigenvalue weighted by Crippen LogP contribution is -2.38. The molecule has 30 heavy (non-hydrogen) atoms. The Morgan fingerprint density at radius 2 is 1.73 bits per heavy atom. The highest BCUT2D eigenvalue weighted by Gasteiger charge is 2.13. The summed E-state index contributed by atoms with van der Waals surface area (Å²) >= 11 is 0. The van der Waals surface area contributed by atoms with Crippen LogP contribution in [0.1, 0.15) is 23.6 Å². The molecule has 1 saturated heterocycles. The topological polar surface area (TPSA) is 48.9 Å². The van der Waals surface area contributed by atoms with Gasteiger partial charge in [-0.1, -0.05) is 36.4 Å². The first-order chi connectivity index (χ1) is 14.7. The van der Waals surface area contributed by atoms with Crippen LogP contribution in [0.15, 0.2) is 47.5 Å². The third kappa shape index (κ3) is 6.50. The molecule has 1 fully saturated rings. The van der Waals surface area contributed by atoms with Crippen molar-refractivity contribution in [1.82, 2.24) is 15.5 Å². The fourth-order valence-corrected chi connectivity index (χ4v) is 3.43. The van der Waals surface area contributed by atoms with Gasteiger partial charge in [0.1, 0.15) is 0 Å². The summed E-state index contributed by atoms with van der Waals surface area (Å²) in [5.41, 5.74) is 2.80. The number of aliphatic imine (C=N–C) groups is 1. The number of hydrogen-bond acceptors (Lipinski definition) is 3. The van der Waals surface area contributed by atoms with Crippen molar-refractivity contribution in [3.05, 3.63) is 70.8 Å². The lowest BCUT2D eigenvalue weighted by molar-refractivity contribution is 0.0341. The van der Waals surface area contributed by atoms with Gasteiger partial charge in [0.15, 0.2) is 17.6 Å². The smallest absolute Gasteiger partial charge is 0.191 e. The van der Waals surface area contributed by atoms with E-state index in [0.717, 1.165) is 45.5 Å². The number of nitrogens with one attached hydrogen (secondary N) is 2. The molecule has 0 aromatic heterocycles. The van der Waals surface area contributed by atoms with Gasteiger partial charge in [-0.25, -0.2) is 13.8 Å². The molecule has 1 aliphatic rings. The summed E-state index contributed by atoms with van der Waals surface area (Å²) in [5.74, 6) is -0.932. The van der Waals surface area contributed by atoms with E-state index in [4.69, 9.17) is 9.73 Å². The molecule has 2 aromatic carbocycles. The third-order valence-electron chi connectivity index (χ3n) is 5.09. The maximum absolute atomic E-state index is 13.8. The number of halogens is 2. The number of ether oxygens (including phenoxy) is 1. The molecule has 5 nitrogen and oxygen atoms in total. The highest BCUT2D eigenvalue weighted by Crippen LogP contribution is 2.14. The van der Waals surface area contributed by atoms with E-state index in [0.29, 0.717) is 31.0 Å². The van der Waals surface area contributed by atoms with Crippen molar-refractivity contribution in [2.24, 2.45) is 4.99 Å². The third-order valence-corrected chi connectivity index (χ3v) is 5.09. The molecule has 3 rings (SSSR count). The van der Waals surface area contributed by atoms with Crippen molar-refractivity contribution >= 4 is 5.96 Å². The highest BCUT2D eigenvalue weighted by atomic mass is 19.2. The van der Waals surface area contributed by atoms with Gasteiger partial charge >= 0.3 is 0 Å². The fraction of sp³-hybridized carbons (Fsp3) is 0.435. The van der Waals surface area contributed by atoms with E-state index in [1.165, 1.54) is 17.2 Å². The van der Waals surface area contributed by atoms with Gasteiger partial charge in [-0.05, 0) is 36.1 Å². The van der Waals surface area contributed by atoms with E-state index in [-0.39, 0.29) is 0 Å². The predicted octanol–water partition coefficient (Wildman–Crippen LogP) is 3.09. The quantitative estimate of drug-likeness (QED) is 0.513. The summed E-state index contributed by atoms with van der Waals surface area (Å²) in [6, 6.07) is 12.6. The molecular weight excluding hydrogens is 386 g/mol. The molecule has 0 radical (unpaired) electrons. The zero-order chi connectivity index (χ0) is 21.2. The first-order valence-electron chi connectivity index (χ1n) is 10.5. The van der Waals surface area contributed by atoms with E-state index >= 15 is 0 Å². The molecule has 0 amide bonds. The van der Waals surface area contributed by atoms with Crippen LogP contribution >= 0.6 is 0 Å². The molecule has 0 atom stereocenters. The molecule has 0 unspecified atom stereocenters. The molecule has 7 heteroatoms. The zero-order valence-corrected chi connectivity index (χ0v) is 17.5. The SMILES string of the molecule is CCNC(=NCc1ccccc1CN1CCOCC1)NCCc1cccc(F)c1F. The first-order valence-corrected chi connectivity index (χ1v) is 10.5. The van der Waals surface area contributed by atoms with Crippen LogP contribution in [0.25, 0.3) is 0 Å². The average molecular weight is 417 g/mol. The van der Waals surface area contributed by atoms with Crippen molar-refractivity contribution < 1.29 is 13.5 Å². The Bertz CT molecular complexity index is 838. The molecule has 0 aliphatic carbocycles. The van der Waals surface area contributed by atoms with Crippen LogP contribution in [0.4, 0.5) is 8.78 Å². The van der Waals surface area contributed by atoms with Gasteiger partial charge in [0.2, 0.25) is 0 Å². The van der Waals surface area contributed by atoms with E-state index in [2.05, 4.69) is 33.7 Å². The van der Waals surface area contributed by atoms with Gasteiger partial charge < -0.3 is 15.4 Å². The maximum Gasteiger partial charge on any atom is 0.191 e. The monoisotopic (exact) mass is 416 g/mol. The van der Waals surface area contributed by atoms with Gasteiger partial charge in [-0.3, -0.25) is 4.90 Å². The van der Waals surface area contributed by atoms with Gasteiger partial charge in [-0.15, -0.1) is 0 Å². The highest BCUT2D eigenvalue weighted by molar-refractivity contribution is 5.79. The van der Waals surface area contributed by atoms with Crippen molar-refractivity contribution in [1.29, 1.82) is 0 Å². The van der Waals surface area contributed by atoms with Gasteiger partial charge in [0, 0.05) is 32.7 Å². The molecule has 0 bridgehead atoms. The standard InChI is InChI=1S/C23H30F2N4O/c1-2-26-23(27-11-10-18-8-5-9-21(24)22(18)25)28-16-19-6-3-4-7-20(19)17-29-12-14-30-15-13-29/h3-9H,2,10-17H2,1H3,(H2,26,27,28). The largest absolute Gasteiger partial charge is 0.379 e. The number of guanidine groups is 1. The minimum Gasteiger partial charge on any atom is -0.379 e. The second-order valence-electron chi connectivity index (χ2n) is 7.24.